The predicted octanol–water partition coefficient (Wildman–Crippen LogP) is 3.04. The minimum Gasteiger partial charge on any atom is -0.481 e. The van der Waals surface area contributed by atoms with E-state index in [4.69, 9.17) is 5.11 Å². The summed E-state index contributed by atoms with van der Waals surface area (Å²) in [5.74, 6) is -1.46. The minimum atomic E-state index is -0.945. The van der Waals surface area contributed by atoms with Crippen LogP contribution in [0, 0.1) is 12.7 Å². The number of benzene rings is 1. The summed E-state index contributed by atoms with van der Waals surface area (Å²) in [6, 6.07) is 3.97. The number of hydrogen-bond donors (Lipinski definition) is 3. The molecule has 21 heavy (non-hydrogen) atoms. The Labute approximate surface area is 122 Å². The van der Waals surface area contributed by atoms with Crippen LogP contribution >= 0.6 is 0 Å². The standard InChI is InChI=1S/C15H19FN2O3/c1-10-5-4-6-11(16)13(10)17-14(21)18-15(9-12(19)20)7-2-3-8-15/h4-6H,2-3,7-9H2,1H3,(H,19,20)(H2,17,18,21). The molecule has 6 heteroatoms. The number of carboxylic acid groups (broad SMARTS) is 1. The number of halogens is 1. The van der Waals surface area contributed by atoms with Crippen LogP contribution < -0.4 is 10.6 Å². The fourth-order valence-corrected chi connectivity index (χ4v) is 2.86. The highest BCUT2D eigenvalue weighted by Gasteiger charge is 2.37. The van der Waals surface area contributed by atoms with Crippen LogP contribution in [-0.2, 0) is 4.79 Å². The molecular weight excluding hydrogens is 275 g/mol. The first kappa shape index (κ1) is 15.3. The van der Waals surface area contributed by atoms with Gasteiger partial charge in [0.1, 0.15) is 5.82 Å². The second-order valence-electron chi connectivity index (χ2n) is 5.57. The van der Waals surface area contributed by atoms with Gasteiger partial charge < -0.3 is 15.7 Å². The first-order chi connectivity index (χ1) is 9.92. The van der Waals surface area contributed by atoms with Crippen molar-refractivity contribution >= 4 is 17.7 Å². The Morgan fingerprint density at radius 2 is 2.00 bits per heavy atom. The largest absolute Gasteiger partial charge is 0.481 e. The lowest BCUT2D eigenvalue weighted by atomic mass is 9.93. The van der Waals surface area contributed by atoms with Crippen molar-refractivity contribution in [1.82, 2.24) is 5.32 Å². The molecule has 0 atom stereocenters. The number of aliphatic carboxylic acids is 1. The van der Waals surface area contributed by atoms with Crippen LogP contribution in [0.15, 0.2) is 18.2 Å². The molecule has 0 spiro atoms. The first-order valence-electron chi connectivity index (χ1n) is 6.98. The van der Waals surface area contributed by atoms with E-state index >= 15 is 0 Å². The van der Waals surface area contributed by atoms with Crippen LogP contribution in [0.1, 0.15) is 37.7 Å². The van der Waals surface area contributed by atoms with Crippen molar-refractivity contribution in [3.63, 3.8) is 0 Å². The molecule has 0 unspecified atom stereocenters. The Balaban J connectivity index is 2.08. The van der Waals surface area contributed by atoms with Gasteiger partial charge in [-0.15, -0.1) is 0 Å². The lowest BCUT2D eigenvalue weighted by Gasteiger charge is -2.28. The van der Waals surface area contributed by atoms with Crippen molar-refractivity contribution < 1.29 is 19.1 Å². The molecule has 0 bridgehead atoms. The SMILES string of the molecule is Cc1cccc(F)c1NC(=O)NC1(CC(=O)O)CCCC1. The molecule has 1 aromatic carbocycles. The molecule has 0 aromatic heterocycles. The summed E-state index contributed by atoms with van der Waals surface area (Å²) >= 11 is 0. The summed E-state index contributed by atoms with van der Waals surface area (Å²) in [7, 11) is 0. The number of urea groups is 1. The topological polar surface area (TPSA) is 78.4 Å². The van der Waals surface area contributed by atoms with Crippen molar-refractivity contribution in [2.45, 2.75) is 44.6 Å². The Kier molecular flexibility index (Phi) is 4.45. The highest BCUT2D eigenvalue weighted by atomic mass is 19.1. The van der Waals surface area contributed by atoms with Crippen molar-refractivity contribution in [3.8, 4) is 0 Å². The number of carbonyl (C=O) groups excluding carboxylic acids is 1. The molecule has 114 valence electrons. The van der Waals surface area contributed by atoms with Crippen molar-refractivity contribution in [2.75, 3.05) is 5.32 Å². The van der Waals surface area contributed by atoms with Crippen LogP contribution in [0.4, 0.5) is 14.9 Å². The molecule has 1 aliphatic rings. The third-order valence-corrected chi connectivity index (χ3v) is 3.89. The zero-order chi connectivity index (χ0) is 15.5. The minimum absolute atomic E-state index is 0.114. The monoisotopic (exact) mass is 294 g/mol. The zero-order valence-electron chi connectivity index (χ0n) is 11.9. The van der Waals surface area contributed by atoms with Crippen molar-refractivity contribution in [2.24, 2.45) is 0 Å². The second kappa shape index (κ2) is 6.11. The quantitative estimate of drug-likeness (QED) is 0.798. The lowest BCUT2D eigenvalue weighted by molar-refractivity contribution is -0.138. The molecule has 1 saturated carbocycles. The lowest BCUT2D eigenvalue weighted by Crippen LogP contribution is -2.49. The summed E-state index contributed by atoms with van der Waals surface area (Å²) in [5.41, 5.74) is 0.0112. The van der Waals surface area contributed by atoms with Crippen LogP contribution in [0.5, 0.6) is 0 Å². The maximum atomic E-state index is 13.7. The van der Waals surface area contributed by atoms with Gasteiger partial charge in [0.05, 0.1) is 17.6 Å². The van der Waals surface area contributed by atoms with Crippen LogP contribution in [0.2, 0.25) is 0 Å². The number of para-hydroxylation sites is 1. The molecule has 5 nitrogen and oxygen atoms in total. The average Bonchev–Trinajstić information content (AvgIpc) is 2.81. The number of anilines is 1. The summed E-state index contributed by atoms with van der Waals surface area (Å²) in [5, 5.41) is 14.2. The van der Waals surface area contributed by atoms with Gasteiger partial charge in [-0.25, -0.2) is 9.18 Å². The van der Waals surface area contributed by atoms with E-state index in [2.05, 4.69) is 10.6 Å². The van der Waals surface area contributed by atoms with E-state index in [1.54, 1.807) is 19.1 Å². The maximum absolute atomic E-state index is 13.7. The van der Waals surface area contributed by atoms with Crippen molar-refractivity contribution in [1.29, 1.82) is 0 Å². The number of nitrogens with one attached hydrogen (secondary N) is 2. The van der Waals surface area contributed by atoms with Gasteiger partial charge in [-0.05, 0) is 31.4 Å². The van der Waals surface area contributed by atoms with Gasteiger partial charge in [0.15, 0.2) is 0 Å². The van der Waals surface area contributed by atoms with Crippen LogP contribution in [0.25, 0.3) is 0 Å². The van der Waals surface area contributed by atoms with E-state index in [1.807, 2.05) is 0 Å². The third-order valence-electron chi connectivity index (χ3n) is 3.89. The van der Waals surface area contributed by atoms with Gasteiger partial charge >= 0.3 is 12.0 Å². The smallest absolute Gasteiger partial charge is 0.319 e. The molecule has 2 amide bonds. The van der Waals surface area contributed by atoms with E-state index < -0.39 is 23.4 Å². The van der Waals surface area contributed by atoms with Crippen molar-refractivity contribution in [3.05, 3.63) is 29.6 Å². The summed E-state index contributed by atoms with van der Waals surface area (Å²) < 4.78 is 13.7. The van der Waals surface area contributed by atoms with E-state index in [9.17, 15) is 14.0 Å². The fraction of sp³-hybridized carbons (Fsp3) is 0.467. The molecule has 1 aromatic rings. The summed E-state index contributed by atoms with van der Waals surface area (Å²) in [4.78, 5) is 23.1. The third kappa shape index (κ3) is 3.71. The summed E-state index contributed by atoms with van der Waals surface area (Å²) in [6.45, 7) is 1.70. The second-order valence-corrected chi connectivity index (χ2v) is 5.57. The maximum Gasteiger partial charge on any atom is 0.319 e. The van der Waals surface area contributed by atoms with Gasteiger partial charge in [0.25, 0.3) is 0 Å². The number of carboxylic acids is 1. The Hall–Kier alpha value is -2.11. The Bertz CT molecular complexity index is 534. The normalized spacial score (nSPS) is 16.5. The molecule has 2 rings (SSSR count). The van der Waals surface area contributed by atoms with Gasteiger partial charge in [0, 0.05) is 0 Å². The first-order valence-corrected chi connectivity index (χ1v) is 6.98. The van der Waals surface area contributed by atoms with E-state index in [0.717, 1.165) is 12.8 Å². The Morgan fingerprint density at radius 3 is 2.57 bits per heavy atom. The van der Waals surface area contributed by atoms with Gasteiger partial charge in [-0.2, -0.15) is 0 Å². The fourth-order valence-electron chi connectivity index (χ4n) is 2.86. The molecule has 1 fully saturated rings. The highest BCUT2D eigenvalue weighted by Crippen LogP contribution is 2.32. The number of rotatable bonds is 4. The number of aryl methyl sites for hydroxylation is 1. The predicted molar refractivity (Wildman–Crippen MR) is 76.7 cm³/mol. The molecule has 1 aliphatic carbocycles. The molecule has 0 saturated heterocycles. The van der Waals surface area contributed by atoms with Crippen LogP contribution in [-0.4, -0.2) is 22.6 Å². The molecule has 3 N–H and O–H groups in total. The molecule has 0 aliphatic heterocycles. The van der Waals surface area contributed by atoms with Gasteiger partial charge in [-0.1, -0.05) is 25.0 Å². The number of amides is 2. The molecule has 0 radical (unpaired) electrons. The Morgan fingerprint density at radius 1 is 1.33 bits per heavy atom. The molecular formula is C15H19FN2O3. The van der Waals surface area contributed by atoms with E-state index in [0.29, 0.717) is 18.4 Å². The van der Waals surface area contributed by atoms with Crippen LogP contribution in [0.3, 0.4) is 0 Å². The average molecular weight is 294 g/mol. The zero-order valence-corrected chi connectivity index (χ0v) is 11.9. The van der Waals surface area contributed by atoms with Gasteiger partial charge in [-0.3, -0.25) is 4.79 Å². The number of hydrogen-bond acceptors (Lipinski definition) is 2. The van der Waals surface area contributed by atoms with E-state index in [1.165, 1.54) is 6.07 Å². The highest BCUT2D eigenvalue weighted by molar-refractivity contribution is 5.91. The van der Waals surface area contributed by atoms with E-state index in [-0.39, 0.29) is 12.1 Å². The summed E-state index contributed by atoms with van der Waals surface area (Å²) in [6.07, 6.45) is 2.90. The number of carbonyl (C=O) groups is 2. The van der Waals surface area contributed by atoms with Gasteiger partial charge in [0.2, 0.25) is 0 Å². The molecule has 0 heterocycles.